The van der Waals surface area contributed by atoms with Gasteiger partial charge in [0.25, 0.3) is 0 Å². The van der Waals surface area contributed by atoms with E-state index in [1.807, 2.05) is 4.90 Å². The van der Waals surface area contributed by atoms with Crippen LogP contribution in [0.3, 0.4) is 0 Å². The van der Waals surface area contributed by atoms with Gasteiger partial charge in [0, 0.05) is 12.5 Å². The first-order valence-electron chi connectivity index (χ1n) is 8.99. The first kappa shape index (κ1) is 18.5. The maximum absolute atomic E-state index is 12.7. The highest BCUT2D eigenvalue weighted by Crippen LogP contribution is 2.39. The van der Waals surface area contributed by atoms with Crippen molar-refractivity contribution in [3.63, 3.8) is 0 Å². The summed E-state index contributed by atoms with van der Waals surface area (Å²) in [5.74, 6) is 0.983. The summed E-state index contributed by atoms with van der Waals surface area (Å²) in [6, 6.07) is 2.19. The van der Waals surface area contributed by atoms with E-state index in [1.54, 1.807) is 0 Å². The molecule has 1 saturated heterocycles. The molecule has 23 heavy (non-hydrogen) atoms. The molecule has 2 fully saturated rings. The molecule has 130 valence electrons. The molecule has 1 aliphatic carbocycles. The Hall–Kier alpha value is -0.863. The number of carbonyl (C=O) groups excluding carboxylic acids is 1. The Labute approximate surface area is 142 Å². The zero-order chi connectivity index (χ0) is 17.3. The van der Waals surface area contributed by atoms with Crippen molar-refractivity contribution in [3.05, 3.63) is 0 Å². The summed E-state index contributed by atoms with van der Waals surface area (Å²) in [6.45, 7) is 12.4. The molecule has 0 aromatic carbocycles. The Balaban J connectivity index is 2.04. The summed E-state index contributed by atoms with van der Waals surface area (Å²) >= 11 is 0. The number of rotatable bonds is 5. The van der Waals surface area contributed by atoms with Crippen molar-refractivity contribution in [2.45, 2.75) is 77.0 Å². The SMILES string of the molecule is CC(C)(C)[Si](C)(C)OC[C@@H](CC#N)N1C[C@@H]2CCCC[C@@H]2C1=O. The molecule has 2 aliphatic rings. The van der Waals surface area contributed by atoms with Crippen LogP contribution >= 0.6 is 0 Å². The largest absolute Gasteiger partial charge is 0.415 e. The van der Waals surface area contributed by atoms with E-state index >= 15 is 0 Å². The number of hydrogen-bond donors (Lipinski definition) is 0. The number of amides is 1. The van der Waals surface area contributed by atoms with Gasteiger partial charge in [-0.1, -0.05) is 33.6 Å². The maximum atomic E-state index is 12.7. The van der Waals surface area contributed by atoms with Gasteiger partial charge in [0.1, 0.15) is 0 Å². The molecule has 1 heterocycles. The van der Waals surface area contributed by atoms with Crippen LogP contribution in [0.1, 0.15) is 52.9 Å². The third-order valence-corrected chi connectivity index (χ3v) is 10.7. The quantitative estimate of drug-likeness (QED) is 0.715. The second kappa shape index (κ2) is 6.94. The van der Waals surface area contributed by atoms with Crippen LogP contribution in [0, 0.1) is 23.2 Å². The van der Waals surface area contributed by atoms with Crippen LogP contribution in [-0.2, 0) is 9.22 Å². The molecule has 3 atom stereocenters. The van der Waals surface area contributed by atoms with Crippen molar-refractivity contribution in [1.29, 1.82) is 5.26 Å². The molecule has 0 radical (unpaired) electrons. The summed E-state index contributed by atoms with van der Waals surface area (Å²) in [5, 5.41) is 9.34. The van der Waals surface area contributed by atoms with Crippen molar-refractivity contribution >= 4 is 14.2 Å². The molecule has 0 spiro atoms. The molecule has 0 aromatic heterocycles. The van der Waals surface area contributed by atoms with E-state index in [4.69, 9.17) is 4.43 Å². The summed E-state index contributed by atoms with van der Waals surface area (Å²) < 4.78 is 6.32. The van der Waals surface area contributed by atoms with Gasteiger partial charge in [-0.25, -0.2) is 0 Å². The Kier molecular flexibility index (Phi) is 5.58. The molecular weight excluding hydrogens is 304 g/mol. The lowest BCUT2D eigenvalue weighted by Gasteiger charge is -2.38. The van der Waals surface area contributed by atoms with Gasteiger partial charge < -0.3 is 9.33 Å². The smallest absolute Gasteiger partial charge is 0.226 e. The third-order valence-electron chi connectivity index (χ3n) is 6.15. The van der Waals surface area contributed by atoms with Gasteiger partial charge in [0.05, 0.1) is 25.1 Å². The summed E-state index contributed by atoms with van der Waals surface area (Å²) in [5.41, 5.74) is 0. The Morgan fingerprint density at radius 1 is 1.35 bits per heavy atom. The number of hydrogen-bond acceptors (Lipinski definition) is 3. The van der Waals surface area contributed by atoms with Crippen LogP contribution in [0.4, 0.5) is 0 Å². The summed E-state index contributed by atoms with van der Waals surface area (Å²) in [4.78, 5) is 14.7. The van der Waals surface area contributed by atoms with Gasteiger partial charge in [0.15, 0.2) is 8.32 Å². The van der Waals surface area contributed by atoms with Crippen molar-refractivity contribution in [2.24, 2.45) is 11.8 Å². The van der Waals surface area contributed by atoms with Gasteiger partial charge in [0.2, 0.25) is 5.91 Å². The van der Waals surface area contributed by atoms with Crippen molar-refractivity contribution < 1.29 is 9.22 Å². The third kappa shape index (κ3) is 3.97. The van der Waals surface area contributed by atoms with Crippen LogP contribution in [0.5, 0.6) is 0 Å². The highest BCUT2D eigenvalue weighted by Gasteiger charge is 2.45. The average molecular weight is 337 g/mol. The lowest BCUT2D eigenvalue weighted by molar-refractivity contribution is -0.134. The fraction of sp³-hybridized carbons (Fsp3) is 0.889. The van der Waals surface area contributed by atoms with Gasteiger partial charge in [-0.05, 0) is 36.9 Å². The predicted octanol–water partition coefficient (Wildman–Crippen LogP) is 3.94. The van der Waals surface area contributed by atoms with Crippen LogP contribution < -0.4 is 0 Å². The first-order chi connectivity index (χ1) is 10.7. The number of carbonyl (C=O) groups is 1. The molecular formula is C18H32N2O2Si. The predicted molar refractivity (Wildman–Crippen MR) is 94.3 cm³/mol. The van der Waals surface area contributed by atoms with Gasteiger partial charge >= 0.3 is 0 Å². The Morgan fingerprint density at radius 3 is 2.57 bits per heavy atom. The molecule has 0 bridgehead atoms. The first-order valence-corrected chi connectivity index (χ1v) is 11.9. The minimum atomic E-state index is -1.86. The molecule has 5 heteroatoms. The number of likely N-dealkylation sites (tertiary alicyclic amines) is 1. The Morgan fingerprint density at radius 2 is 2.00 bits per heavy atom. The van der Waals surface area contributed by atoms with Gasteiger partial charge in [-0.2, -0.15) is 5.26 Å². The molecule has 1 amide bonds. The second-order valence-electron chi connectivity index (χ2n) is 8.73. The molecule has 2 rings (SSSR count). The molecule has 0 aromatic rings. The fourth-order valence-corrected chi connectivity index (χ4v) is 4.56. The number of nitrogens with zero attached hydrogens (tertiary/aromatic N) is 2. The van der Waals surface area contributed by atoms with E-state index in [9.17, 15) is 10.1 Å². The zero-order valence-electron chi connectivity index (χ0n) is 15.4. The standard InChI is InChI=1S/C18H32N2O2Si/c1-18(2,3)23(4,5)22-13-15(10-11-19)20-12-14-8-6-7-9-16(14)17(20)21/h14-16H,6-10,12-13H2,1-5H3/t14-,15+,16-/m0/s1. The molecule has 1 aliphatic heterocycles. The van der Waals surface area contributed by atoms with Crippen molar-refractivity contribution in [3.8, 4) is 6.07 Å². The van der Waals surface area contributed by atoms with E-state index in [-0.39, 0.29) is 22.9 Å². The molecule has 4 nitrogen and oxygen atoms in total. The lowest BCUT2D eigenvalue weighted by Crippen LogP contribution is -2.47. The maximum Gasteiger partial charge on any atom is 0.226 e. The van der Waals surface area contributed by atoms with Crippen molar-refractivity contribution in [2.75, 3.05) is 13.2 Å². The van der Waals surface area contributed by atoms with Crippen molar-refractivity contribution in [1.82, 2.24) is 4.90 Å². The normalized spacial score (nSPS) is 26.8. The van der Waals surface area contributed by atoms with E-state index in [0.717, 1.165) is 19.4 Å². The number of fused-ring (bicyclic) bond motifs is 1. The summed E-state index contributed by atoms with van der Waals surface area (Å²) in [7, 11) is -1.86. The number of nitriles is 1. The van der Waals surface area contributed by atoms with E-state index < -0.39 is 8.32 Å². The highest BCUT2D eigenvalue weighted by molar-refractivity contribution is 6.74. The lowest BCUT2D eigenvalue weighted by atomic mass is 9.81. The molecule has 1 saturated carbocycles. The van der Waals surface area contributed by atoms with E-state index in [1.165, 1.54) is 12.8 Å². The van der Waals surface area contributed by atoms with E-state index in [0.29, 0.717) is 18.9 Å². The monoisotopic (exact) mass is 336 g/mol. The van der Waals surface area contributed by atoms with Crippen LogP contribution in [0.25, 0.3) is 0 Å². The molecule has 0 unspecified atom stereocenters. The minimum Gasteiger partial charge on any atom is -0.415 e. The van der Waals surface area contributed by atoms with Crippen LogP contribution in [-0.4, -0.2) is 38.3 Å². The topological polar surface area (TPSA) is 53.3 Å². The zero-order valence-corrected chi connectivity index (χ0v) is 16.4. The van der Waals surface area contributed by atoms with Crippen LogP contribution in [0.2, 0.25) is 18.1 Å². The van der Waals surface area contributed by atoms with Crippen LogP contribution in [0.15, 0.2) is 0 Å². The average Bonchev–Trinajstić information content (AvgIpc) is 2.80. The van der Waals surface area contributed by atoms with E-state index in [2.05, 4.69) is 39.9 Å². The summed E-state index contributed by atoms with van der Waals surface area (Å²) in [6.07, 6.45) is 4.98. The van der Waals surface area contributed by atoms with Gasteiger partial charge in [-0.3, -0.25) is 4.79 Å². The second-order valence-corrected chi connectivity index (χ2v) is 13.5. The fourth-order valence-electron chi connectivity index (χ4n) is 3.52. The Bertz CT molecular complexity index is 478. The minimum absolute atomic E-state index is 0.0766. The van der Waals surface area contributed by atoms with Gasteiger partial charge in [-0.15, -0.1) is 0 Å². The molecule has 0 N–H and O–H groups in total. The highest BCUT2D eigenvalue weighted by atomic mass is 28.4.